The second kappa shape index (κ2) is 4.32. The van der Waals surface area contributed by atoms with Gasteiger partial charge in [-0.3, -0.25) is 0 Å². The highest BCUT2D eigenvalue weighted by molar-refractivity contribution is 6.07. The highest BCUT2D eigenvalue weighted by Gasteiger charge is 2.03. The molecule has 0 fully saturated rings. The predicted octanol–water partition coefficient (Wildman–Crippen LogP) is 5.90. The van der Waals surface area contributed by atoms with Gasteiger partial charge in [-0.05, 0) is 91.6 Å². The number of benzene rings is 5. The molecule has 0 amide bonds. The average Bonchev–Trinajstić information content (AvgIpc) is 2.56. The van der Waals surface area contributed by atoms with Crippen LogP contribution in [0.5, 0.6) is 0 Å². The second-order valence-electron chi connectivity index (χ2n) is 5.77. The molecule has 5 rings (SSSR count). The Labute approximate surface area is 128 Å². The monoisotopic (exact) mass is 276 g/mol. The van der Waals surface area contributed by atoms with Crippen molar-refractivity contribution in [2.24, 2.45) is 0 Å². The average molecular weight is 276 g/mol. The molecule has 0 aliphatic heterocycles. The molecule has 5 aromatic rings. The Balaban J connectivity index is 1.93. The number of hydrogen-bond donors (Lipinski definition) is 0. The molecule has 0 aliphatic carbocycles. The van der Waals surface area contributed by atoms with Gasteiger partial charge in [-0.15, -0.1) is 0 Å². The third-order valence-electron chi connectivity index (χ3n) is 4.36. The maximum atomic E-state index is 3.29. The number of fused-ring (bicyclic) bond motifs is 4. The standard InChI is InChI=1S/C22H12/c1-2-6-16-10-20-14-22-12-18-8-4-3-7-17(18)11-21(22)13-19(20)9-15(16)5-1/h1-6,9-14H. The molecule has 0 N–H and O–H groups in total. The SMILES string of the molecule is [c]1cc[c]c2cc3cc4cc5ccccc5cc4cc3cc12. The van der Waals surface area contributed by atoms with Crippen LogP contribution in [0.2, 0.25) is 0 Å². The molecule has 22 heavy (non-hydrogen) atoms. The molecule has 0 heterocycles. The van der Waals surface area contributed by atoms with Crippen molar-refractivity contribution < 1.29 is 0 Å². The van der Waals surface area contributed by atoms with E-state index in [-0.39, 0.29) is 0 Å². The third-order valence-corrected chi connectivity index (χ3v) is 4.36. The van der Waals surface area contributed by atoms with Gasteiger partial charge in [-0.25, -0.2) is 0 Å². The van der Waals surface area contributed by atoms with Crippen molar-refractivity contribution in [1.29, 1.82) is 0 Å². The molecular formula is C22H12. The molecule has 0 saturated carbocycles. The molecule has 0 unspecified atom stereocenters. The van der Waals surface area contributed by atoms with Crippen LogP contribution in [0.25, 0.3) is 43.1 Å². The minimum Gasteiger partial charge on any atom is -0.0616 e. The first-order valence-corrected chi connectivity index (χ1v) is 7.45. The summed E-state index contributed by atoms with van der Waals surface area (Å²) >= 11 is 0. The second-order valence-corrected chi connectivity index (χ2v) is 5.77. The summed E-state index contributed by atoms with van der Waals surface area (Å²) in [4.78, 5) is 0. The van der Waals surface area contributed by atoms with Crippen molar-refractivity contribution in [1.82, 2.24) is 0 Å². The van der Waals surface area contributed by atoms with Gasteiger partial charge in [0.1, 0.15) is 0 Å². The van der Waals surface area contributed by atoms with Crippen molar-refractivity contribution in [3.05, 3.63) is 84.9 Å². The predicted molar refractivity (Wildman–Crippen MR) is 94.1 cm³/mol. The highest BCUT2D eigenvalue weighted by atomic mass is 14.1. The van der Waals surface area contributed by atoms with Crippen molar-refractivity contribution >= 4 is 43.1 Å². The molecular weight excluding hydrogens is 264 g/mol. The molecule has 2 radical (unpaired) electrons. The van der Waals surface area contributed by atoms with Crippen LogP contribution in [-0.4, -0.2) is 0 Å². The van der Waals surface area contributed by atoms with E-state index in [0.717, 1.165) is 10.8 Å². The zero-order valence-corrected chi connectivity index (χ0v) is 11.9. The third kappa shape index (κ3) is 1.71. The summed E-state index contributed by atoms with van der Waals surface area (Å²) in [5.41, 5.74) is 0. The largest absolute Gasteiger partial charge is 0.0616 e. The summed E-state index contributed by atoms with van der Waals surface area (Å²) in [6.45, 7) is 0. The smallest absolute Gasteiger partial charge is 0.00926 e. The Morgan fingerprint density at radius 3 is 1.36 bits per heavy atom. The molecule has 5 aromatic carbocycles. The molecule has 0 heteroatoms. The van der Waals surface area contributed by atoms with Crippen LogP contribution in [0.4, 0.5) is 0 Å². The maximum absolute atomic E-state index is 3.29. The van der Waals surface area contributed by atoms with E-state index in [0.29, 0.717) is 0 Å². The van der Waals surface area contributed by atoms with Gasteiger partial charge in [-0.1, -0.05) is 36.4 Å². The lowest BCUT2D eigenvalue weighted by molar-refractivity contribution is 1.76. The Kier molecular flexibility index (Phi) is 2.31. The molecule has 0 spiro atoms. The van der Waals surface area contributed by atoms with Crippen molar-refractivity contribution in [2.75, 3.05) is 0 Å². The van der Waals surface area contributed by atoms with Crippen LogP contribution in [0.15, 0.2) is 72.8 Å². The van der Waals surface area contributed by atoms with Crippen LogP contribution in [0.1, 0.15) is 0 Å². The zero-order valence-electron chi connectivity index (χ0n) is 11.9. The molecule has 0 atom stereocenters. The lowest BCUT2D eigenvalue weighted by atomic mass is 9.97. The van der Waals surface area contributed by atoms with Crippen molar-refractivity contribution in [2.45, 2.75) is 0 Å². The van der Waals surface area contributed by atoms with Gasteiger partial charge in [0.25, 0.3) is 0 Å². The van der Waals surface area contributed by atoms with Crippen LogP contribution in [0, 0.1) is 12.1 Å². The molecule has 0 aliphatic rings. The fraction of sp³-hybridized carbons (Fsp3) is 0. The van der Waals surface area contributed by atoms with E-state index in [9.17, 15) is 0 Å². The van der Waals surface area contributed by atoms with Gasteiger partial charge in [0.15, 0.2) is 0 Å². The van der Waals surface area contributed by atoms with E-state index in [4.69, 9.17) is 0 Å². The Morgan fingerprint density at radius 1 is 0.455 bits per heavy atom. The van der Waals surface area contributed by atoms with E-state index in [2.05, 4.69) is 72.8 Å². The summed E-state index contributed by atoms with van der Waals surface area (Å²) < 4.78 is 0. The first kappa shape index (κ1) is 11.8. The van der Waals surface area contributed by atoms with Crippen molar-refractivity contribution in [3.63, 3.8) is 0 Å². The van der Waals surface area contributed by atoms with Gasteiger partial charge in [-0.2, -0.15) is 0 Å². The van der Waals surface area contributed by atoms with Crippen LogP contribution >= 0.6 is 0 Å². The molecule has 0 bridgehead atoms. The lowest BCUT2D eigenvalue weighted by Gasteiger charge is -2.06. The van der Waals surface area contributed by atoms with E-state index in [1.165, 1.54) is 32.3 Å². The molecule has 0 saturated heterocycles. The van der Waals surface area contributed by atoms with Gasteiger partial charge in [0.05, 0.1) is 0 Å². The summed E-state index contributed by atoms with van der Waals surface area (Å²) in [7, 11) is 0. The fourth-order valence-corrected chi connectivity index (χ4v) is 3.25. The van der Waals surface area contributed by atoms with Crippen LogP contribution in [0.3, 0.4) is 0 Å². The normalized spacial score (nSPS) is 11.6. The van der Waals surface area contributed by atoms with E-state index < -0.39 is 0 Å². The summed E-state index contributed by atoms with van der Waals surface area (Å²) in [5, 5.41) is 9.89. The first-order valence-electron chi connectivity index (χ1n) is 7.45. The van der Waals surface area contributed by atoms with E-state index >= 15 is 0 Å². The Bertz CT molecular complexity index is 982. The lowest BCUT2D eigenvalue weighted by Crippen LogP contribution is -1.80. The zero-order chi connectivity index (χ0) is 14.5. The minimum absolute atomic E-state index is 1.12. The Hall–Kier alpha value is -2.86. The minimum atomic E-state index is 1.12. The van der Waals surface area contributed by atoms with Crippen molar-refractivity contribution in [3.8, 4) is 0 Å². The fourth-order valence-electron chi connectivity index (χ4n) is 3.25. The van der Waals surface area contributed by atoms with Crippen LogP contribution < -0.4 is 0 Å². The summed E-state index contributed by atoms with van der Waals surface area (Å²) in [6.07, 6.45) is 0. The number of hydrogen-bond acceptors (Lipinski definition) is 0. The van der Waals surface area contributed by atoms with Crippen LogP contribution in [-0.2, 0) is 0 Å². The van der Waals surface area contributed by atoms with Gasteiger partial charge < -0.3 is 0 Å². The van der Waals surface area contributed by atoms with Gasteiger partial charge >= 0.3 is 0 Å². The summed E-state index contributed by atoms with van der Waals surface area (Å²) in [5.74, 6) is 0. The first-order chi connectivity index (χ1) is 10.9. The molecule has 100 valence electrons. The maximum Gasteiger partial charge on any atom is -0.00926 e. The highest BCUT2D eigenvalue weighted by Crippen LogP contribution is 2.29. The molecule has 0 nitrogen and oxygen atoms in total. The topological polar surface area (TPSA) is 0 Å². The quantitative estimate of drug-likeness (QED) is 0.309. The van der Waals surface area contributed by atoms with Gasteiger partial charge in [0, 0.05) is 0 Å². The number of rotatable bonds is 0. The summed E-state index contributed by atoms with van der Waals surface area (Å²) in [6, 6.07) is 32.4. The van der Waals surface area contributed by atoms with E-state index in [1.54, 1.807) is 0 Å². The Morgan fingerprint density at radius 2 is 0.864 bits per heavy atom. The van der Waals surface area contributed by atoms with E-state index in [1.807, 2.05) is 12.1 Å². The van der Waals surface area contributed by atoms with Gasteiger partial charge in [0.2, 0.25) is 0 Å². The molecule has 0 aromatic heterocycles.